The van der Waals surface area contributed by atoms with Gasteiger partial charge in [0.05, 0.1) is 5.69 Å². The molecule has 0 aromatic carbocycles. The Labute approximate surface area is 75.1 Å². The van der Waals surface area contributed by atoms with Crippen molar-refractivity contribution in [1.82, 2.24) is 4.98 Å². The van der Waals surface area contributed by atoms with E-state index in [-0.39, 0.29) is 6.04 Å². The van der Waals surface area contributed by atoms with Crippen molar-refractivity contribution in [3.05, 3.63) is 30.1 Å². The van der Waals surface area contributed by atoms with Crippen LogP contribution in [0.2, 0.25) is 0 Å². The van der Waals surface area contributed by atoms with E-state index in [0.29, 0.717) is 5.17 Å². The minimum Gasteiger partial charge on any atom is -0.379 e. The molecular weight excluding hydrogens is 170 g/mol. The fourth-order valence-corrected chi connectivity index (χ4v) is 1.89. The Hall–Kier alpha value is -1.03. The molecule has 2 rings (SSSR count). The summed E-state index contributed by atoms with van der Waals surface area (Å²) in [6.07, 6.45) is 1.78. The fourth-order valence-electron chi connectivity index (χ4n) is 1.12. The lowest BCUT2D eigenvalue weighted by Crippen LogP contribution is -2.01. The second-order valence-corrected chi connectivity index (χ2v) is 3.59. The van der Waals surface area contributed by atoms with E-state index in [1.54, 1.807) is 18.0 Å². The zero-order chi connectivity index (χ0) is 8.39. The Kier molecular flexibility index (Phi) is 1.99. The first-order chi connectivity index (χ1) is 5.86. The van der Waals surface area contributed by atoms with Gasteiger partial charge in [-0.1, -0.05) is 17.8 Å². The minimum atomic E-state index is 0.163. The summed E-state index contributed by atoms with van der Waals surface area (Å²) in [5.74, 6) is 0.919. The lowest BCUT2D eigenvalue weighted by molar-refractivity contribution is 0.808. The lowest BCUT2D eigenvalue weighted by atomic mass is 10.2. The highest BCUT2D eigenvalue weighted by Gasteiger charge is 2.18. The summed E-state index contributed by atoms with van der Waals surface area (Å²) in [7, 11) is 0. The highest BCUT2D eigenvalue weighted by Crippen LogP contribution is 2.26. The summed E-state index contributed by atoms with van der Waals surface area (Å²) in [5.41, 5.74) is 6.55. The van der Waals surface area contributed by atoms with E-state index in [1.807, 2.05) is 18.2 Å². The quantitative estimate of drug-likeness (QED) is 0.704. The first-order valence-corrected chi connectivity index (χ1v) is 4.72. The van der Waals surface area contributed by atoms with E-state index in [1.165, 1.54) is 0 Å². The van der Waals surface area contributed by atoms with E-state index in [0.717, 1.165) is 11.4 Å². The highest BCUT2D eigenvalue weighted by molar-refractivity contribution is 8.14. The molecule has 1 unspecified atom stereocenters. The molecule has 3 nitrogen and oxygen atoms in total. The van der Waals surface area contributed by atoms with Crippen LogP contribution >= 0.6 is 11.8 Å². The van der Waals surface area contributed by atoms with Gasteiger partial charge in [-0.3, -0.25) is 9.98 Å². The number of nitrogens with zero attached hydrogens (tertiary/aromatic N) is 2. The number of hydrogen-bond donors (Lipinski definition) is 1. The molecule has 1 aliphatic rings. The molecule has 2 N–H and O–H groups in total. The van der Waals surface area contributed by atoms with Crippen LogP contribution in [0.4, 0.5) is 0 Å². The van der Waals surface area contributed by atoms with Crippen LogP contribution in [-0.4, -0.2) is 15.9 Å². The van der Waals surface area contributed by atoms with Crippen molar-refractivity contribution >= 4 is 16.9 Å². The summed E-state index contributed by atoms with van der Waals surface area (Å²) in [4.78, 5) is 8.47. The fraction of sp³-hybridized carbons (Fsp3) is 0.250. The maximum Gasteiger partial charge on any atom is 0.154 e. The maximum absolute atomic E-state index is 5.55. The molecule has 0 aliphatic carbocycles. The number of pyridine rings is 1. The van der Waals surface area contributed by atoms with Crippen LogP contribution in [0.3, 0.4) is 0 Å². The van der Waals surface area contributed by atoms with Gasteiger partial charge in [0.2, 0.25) is 0 Å². The molecule has 1 atom stereocenters. The van der Waals surface area contributed by atoms with Gasteiger partial charge in [0.15, 0.2) is 5.17 Å². The number of thioether (sulfide) groups is 1. The predicted octanol–water partition coefficient (Wildman–Crippen LogP) is 1.18. The van der Waals surface area contributed by atoms with E-state index < -0.39 is 0 Å². The zero-order valence-electron chi connectivity index (χ0n) is 6.47. The first kappa shape index (κ1) is 7.61. The molecule has 0 saturated heterocycles. The molecular formula is C8H9N3S. The molecule has 1 aromatic rings. The zero-order valence-corrected chi connectivity index (χ0v) is 7.29. The van der Waals surface area contributed by atoms with Crippen molar-refractivity contribution in [3.63, 3.8) is 0 Å². The summed E-state index contributed by atoms with van der Waals surface area (Å²) >= 11 is 1.59. The van der Waals surface area contributed by atoms with Crippen molar-refractivity contribution in [2.24, 2.45) is 10.7 Å². The molecule has 62 valence electrons. The number of hydrogen-bond acceptors (Lipinski definition) is 4. The summed E-state index contributed by atoms with van der Waals surface area (Å²) < 4.78 is 0. The Morgan fingerprint density at radius 2 is 2.42 bits per heavy atom. The number of nitrogens with two attached hydrogens (primary N) is 1. The Bertz CT molecular complexity index is 296. The van der Waals surface area contributed by atoms with Crippen LogP contribution < -0.4 is 5.73 Å². The van der Waals surface area contributed by atoms with Crippen LogP contribution in [0.5, 0.6) is 0 Å². The third-order valence-corrected chi connectivity index (χ3v) is 2.58. The Balaban J connectivity index is 2.22. The maximum atomic E-state index is 5.55. The topological polar surface area (TPSA) is 51.3 Å². The summed E-state index contributed by atoms with van der Waals surface area (Å²) in [6.45, 7) is 0. The average Bonchev–Trinajstić information content (AvgIpc) is 2.54. The smallest absolute Gasteiger partial charge is 0.154 e. The Morgan fingerprint density at radius 3 is 3.00 bits per heavy atom. The van der Waals surface area contributed by atoms with Gasteiger partial charge in [0, 0.05) is 11.9 Å². The van der Waals surface area contributed by atoms with Crippen LogP contribution in [0.1, 0.15) is 11.7 Å². The molecule has 1 aromatic heterocycles. The summed E-state index contributed by atoms with van der Waals surface area (Å²) in [6, 6.07) is 6.01. The molecule has 0 saturated carbocycles. The van der Waals surface area contributed by atoms with Crippen molar-refractivity contribution in [1.29, 1.82) is 0 Å². The van der Waals surface area contributed by atoms with Crippen LogP contribution in [-0.2, 0) is 0 Å². The monoisotopic (exact) mass is 179 g/mol. The number of rotatable bonds is 1. The van der Waals surface area contributed by atoms with Gasteiger partial charge in [-0.2, -0.15) is 0 Å². The predicted molar refractivity (Wildman–Crippen MR) is 51.1 cm³/mol. The third-order valence-electron chi connectivity index (χ3n) is 1.70. The molecule has 1 aliphatic heterocycles. The standard InChI is InChI=1S/C8H9N3S/c9-8-11-7(5-12-8)6-3-1-2-4-10-6/h1-4,7H,5H2,(H2,9,11). The molecule has 2 heterocycles. The molecule has 0 bridgehead atoms. The van der Waals surface area contributed by atoms with Crippen molar-refractivity contribution in [2.45, 2.75) is 6.04 Å². The summed E-state index contributed by atoms with van der Waals surface area (Å²) in [5, 5.41) is 0.672. The second-order valence-electron chi connectivity index (χ2n) is 2.55. The SMILES string of the molecule is NC1=NC(c2ccccn2)CS1. The third kappa shape index (κ3) is 1.43. The highest BCUT2D eigenvalue weighted by atomic mass is 32.2. The number of aromatic nitrogens is 1. The normalized spacial score (nSPS) is 22.3. The van der Waals surface area contributed by atoms with Crippen molar-refractivity contribution in [2.75, 3.05) is 5.75 Å². The minimum absolute atomic E-state index is 0.163. The number of aliphatic imine (C=N–C) groups is 1. The van der Waals surface area contributed by atoms with Crippen LogP contribution in [0, 0.1) is 0 Å². The molecule has 4 heteroatoms. The van der Waals surface area contributed by atoms with Gasteiger partial charge in [-0.25, -0.2) is 0 Å². The van der Waals surface area contributed by atoms with E-state index in [4.69, 9.17) is 5.73 Å². The van der Waals surface area contributed by atoms with E-state index in [9.17, 15) is 0 Å². The second kappa shape index (κ2) is 3.15. The van der Waals surface area contributed by atoms with Gasteiger partial charge in [-0.15, -0.1) is 0 Å². The van der Waals surface area contributed by atoms with Gasteiger partial charge >= 0.3 is 0 Å². The van der Waals surface area contributed by atoms with Crippen molar-refractivity contribution < 1.29 is 0 Å². The number of amidine groups is 1. The molecule has 0 spiro atoms. The van der Waals surface area contributed by atoms with E-state index in [2.05, 4.69) is 9.98 Å². The van der Waals surface area contributed by atoms with Gasteiger partial charge in [0.25, 0.3) is 0 Å². The van der Waals surface area contributed by atoms with Gasteiger partial charge in [0.1, 0.15) is 6.04 Å². The van der Waals surface area contributed by atoms with Crippen LogP contribution in [0.25, 0.3) is 0 Å². The van der Waals surface area contributed by atoms with Gasteiger partial charge < -0.3 is 5.73 Å². The van der Waals surface area contributed by atoms with Crippen molar-refractivity contribution in [3.8, 4) is 0 Å². The first-order valence-electron chi connectivity index (χ1n) is 3.73. The molecule has 0 fully saturated rings. The van der Waals surface area contributed by atoms with Gasteiger partial charge in [-0.05, 0) is 12.1 Å². The molecule has 0 radical (unpaired) electrons. The van der Waals surface area contributed by atoms with E-state index >= 15 is 0 Å². The Morgan fingerprint density at radius 1 is 1.50 bits per heavy atom. The van der Waals surface area contributed by atoms with Crippen LogP contribution in [0.15, 0.2) is 29.4 Å². The lowest BCUT2D eigenvalue weighted by Gasteiger charge is -2.02. The molecule has 0 amide bonds. The largest absolute Gasteiger partial charge is 0.379 e. The molecule has 12 heavy (non-hydrogen) atoms. The average molecular weight is 179 g/mol.